The predicted molar refractivity (Wildman–Crippen MR) is 72.1 cm³/mol. The number of nitrogens with two attached hydrogens (primary N) is 1. The van der Waals surface area contributed by atoms with Gasteiger partial charge in [-0.25, -0.2) is 0 Å². The summed E-state index contributed by atoms with van der Waals surface area (Å²) in [6, 6.07) is 4.94. The van der Waals surface area contributed by atoms with E-state index in [1.54, 1.807) is 42.3 Å². The molecule has 6 nitrogen and oxygen atoms in total. The minimum atomic E-state index is -0.151. The molecule has 100 valence electrons. The maximum Gasteiger partial charge on any atom is 0.251 e. The van der Waals surface area contributed by atoms with Gasteiger partial charge in [0.2, 0.25) is 0 Å². The van der Waals surface area contributed by atoms with E-state index in [2.05, 4.69) is 10.4 Å². The van der Waals surface area contributed by atoms with E-state index in [1.165, 1.54) is 0 Å². The van der Waals surface area contributed by atoms with Gasteiger partial charge >= 0.3 is 0 Å². The first-order chi connectivity index (χ1) is 9.10. The van der Waals surface area contributed by atoms with Crippen LogP contribution in [-0.2, 0) is 7.05 Å². The molecule has 0 saturated heterocycles. The molecule has 0 atom stereocenters. The third-order valence-corrected chi connectivity index (χ3v) is 2.52. The molecule has 2 aromatic rings. The molecular formula is C13H16N4O2. The van der Waals surface area contributed by atoms with Crippen molar-refractivity contribution in [3.8, 4) is 11.5 Å². The molecule has 0 aliphatic heterocycles. The van der Waals surface area contributed by atoms with Gasteiger partial charge < -0.3 is 15.8 Å². The molecule has 3 N–H and O–H groups in total. The summed E-state index contributed by atoms with van der Waals surface area (Å²) in [4.78, 5) is 11.6. The van der Waals surface area contributed by atoms with Crippen LogP contribution in [0.2, 0.25) is 0 Å². The lowest BCUT2D eigenvalue weighted by atomic mass is 10.2. The first-order valence-corrected chi connectivity index (χ1v) is 5.94. The van der Waals surface area contributed by atoms with Crippen molar-refractivity contribution in [1.82, 2.24) is 15.1 Å². The second-order valence-electron chi connectivity index (χ2n) is 4.06. The zero-order chi connectivity index (χ0) is 13.8. The summed E-state index contributed by atoms with van der Waals surface area (Å²) >= 11 is 0. The molecule has 0 unspecified atom stereocenters. The van der Waals surface area contributed by atoms with E-state index in [1.807, 2.05) is 6.92 Å². The van der Waals surface area contributed by atoms with E-state index >= 15 is 0 Å². The van der Waals surface area contributed by atoms with E-state index in [-0.39, 0.29) is 5.91 Å². The Balaban J connectivity index is 2.17. The van der Waals surface area contributed by atoms with Crippen LogP contribution in [0.5, 0.6) is 11.5 Å². The maximum atomic E-state index is 11.6. The standard InChI is InChI=1S/C13H16N4O2/c1-3-15-13(18)9-4-5-12(11(14)6-9)19-10-7-16-17(2)8-10/h4-8H,3,14H2,1-2H3,(H,15,18). The molecule has 0 radical (unpaired) electrons. The smallest absolute Gasteiger partial charge is 0.251 e. The van der Waals surface area contributed by atoms with Crippen LogP contribution in [0.15, 0.2) is 30.6 Å². The first kappa shape index (κ1) is 12.9. The second-order valence-corrected chi connectivity index (χ2v) is 4.06. The number of benzene rings is 1. The minimum Gasteiger partial charge on any atom is -0.452 e. The number of aromatic nitrogens is 2. The van der Waals surface area contributed by atoms with Crippen LogP contribution in [0.4, 0.5) is 5.69 Å². The summed E-state index contributed by atoms with van der Waals surface area (Å²) < 4.78 is 7.22. The maximum absolute atomic E-state index is 11.6. The molecule has 1 amide bonds. The van der Waals surface area contributed by atoms with Gasteiger partial charge in [0.25, 0.3) is 5.91 Å². The second kappa shape index (κ2) is 5.43. The van der Waals surface area contributed by atoms with E-state index in [0.29, 0.717) is 29.3 Å². The van der Waals surface area contributed by atoms with Gasteiger partial charge in [-0.15, -0.1) is 0 Å². The van der Waals surface area contributed by atoms with Crippen LogP contribution in [0.3, 0.4) is 0 Å². The molecule has 1 aromatic heterocycles. The topological polar surface area (TPSA) is 82.2 Å². The largest absolute Gasteiger partial charge is 0.452 e. The lowest BCUT2D eigenvalue weighted by Crippen LogP contribution is -2.22. The van der Waals surface area contributed by atoms with Crippen molar-refractivity contribution in [3.05, 3.63) is 36.2 Å². The average molecular weight is 260 g/mol. The average Bonchev–Trinajstić information content (AvgIpc) is 2.78. The number of hydrogen-bond donors (Lipinski definition) is 2. The number of nitrogens with zero attached hydrogens (tertiary/aromatic N) is 2. The molecule has 1 heterocycles. The van der Waals surface area contributed by atoms with Gasteiger partial charge in [0.05, 0.1) is 18.1 Å². The van der Waals surface area contributed by atoms with Crippen molar-refractivity contribution < 1.29 is 9.53 Å². The fourth-order valence-electron chi connectivity index (χ4n) is 1.62. The van der Waals surface area contributed by atoms with Crippen LogP contribution < -0.4 is 15.8 Å². The van der Waals surface area contributed by atoms with E-state index in [4.69, 9.17) is 10.5 Å². The van der Waals surface area contributed by atoms with Crippen molar-refractivity contribution in [2.75, 3.05) is 12.3 Å². The molecule has 0 spiro atoms. The predicted octanol–water partition coefficient (Wildman–Crippen LogP) is 1.54. The van der Waals surface area contributed by atoms with Crippen LogP contribution in [-0.4, -0.2) is 22.2 Å². The summed E-state index contributed by atoms with van der Waals surface area (Å²) in [6.45, 7) is 2.44. The molecule has 6 heteroatoms. The van der Waals surface area contributed by atoms with Crippen molar-refractivity contribution >= 4 is 11.6 Å². The van der Waals surface area contributed by atoms with Gasteiger partial charge in [-0.1, -0.05) is 0 Å². The Morgan fingerprint density at radius 1 is 1.53 bits per heavy atom. The Morgan fingerprint density at radius 2 is 2.32 bits per heavy atom. The highest BCUT2D eigenvalue weighted by molar-refractivity contribution is 5.95. The van der Waals surface area contributed by atoms with E-state index in [9.17, 15) is 4.79 Å². The van der Waals surface area contributed by atoms with Gasteiger partial charge in [0, 0.05) is 19.2 Å². The number of hydrogen-bond acceptors (Lipinski definition) is 4. The lowest BCUT2D eigenvalue weighted by molar-refractivity contribution is 0.0956. The van der Waals surface area contributed by atoms with E-state index in [0.717, 1.165) is 0 Å². The summed E-state index contributed by atoms with van der Waals surface area (Å²) in [5, 5.41) is 6.71. The molecule has 0 aliphatic carbocycles. The number of carbonyl (C=O) groups is 1. The van der Waals surface area contributed by atoms with Crippen molar-refractivity contribution in [1.29, 1.82) is 0 Å². The highest BCUT2D eigenvalue weighted by Crippen LogP contribution is 2.27. The number of nitrogens with one attached hydrogen (secondary N) is 1. The number of ether oxygens (including phenoxy) is 1. The summed E-state index contributed by atoms with van der Waals surface area (Å²) in [7, 11) is 1.80. The zero-order valence-corrected chi connectivity index (χ0v) is 10.9. The number of anilines is 1. The normalized spacial score (nSPS) is 10.2. The third kappa shape index (κ3) is 3.04. The quantitative estimate of drug-likeness (QED) is 0.817. The van der Waals surface area contributed by atoms with Crippen LogP contribution >= 0.6 is 0 Å². The highest BCUT2D eigenvalue weighted by atomic mass is 16.5. The van der Waals surface area contributed by atoms with Crippen LogP contribution in [0.1, 0.15) is 17.3 Å². The van der Waals surface area contributed by atoms with Gasteiger partial charge in [-0.2, -0.15) is 5.10 Å². The Labute approximate surface area is 111 Å². The minimum absolute atomic E-state index is 0.151. The monoisotopic (exact) mass is 260 g/mol. The van der Waals surface area contributed by atoms with Crippen LogP contribution in [0.25, 0.3) is 0 Å². The number of amides is 1. The van der Waals surface area contributed by atoms with Crippen molar-refractivity contribution in [2.24, 2.45) is 7.05 Å². The Hall–Kier alpha value is -2.50. The summed E-state index contributed by atoms with van der Waals surface area (Å²) in [5.74, 6) is 0.947. The summed E-state index contributed by atoms with van der Waals surface area (Å²) in [6.07, 6.45) is 3.33. The third-order valence-electron chi connectivity index (χ3n) is 2.52. The molecular weight excluding hydrogens is 244 g/mol. The number of rotatable bonds is 4. The van der Waals surface area contributed by atoms with Crippen molar-refractivity contribution in [2.45, 2.75) is 6.92 Å². The van der Waals surface area contributed by atoms with Gasteiger partial charge in [-0.3, -0.25) is 9.48 Å². The zero-order valence-electron chi connectivity index (χ0n) is 10.9. The highest BCUT2D eigenvalue weighted by Gasteiger charge is 2.09. The fourth-order valence-corrected chi connectivity index (χ4v) is 1.62. The molecule has 0 saturated carbocycles. The van der Waals surface area contributed by atoms with E-state index < -0.39 is 0 Å². The Kier molecular flexibility index (Phi) is 3.70. The molecule has 0 fully saturated rings. The number of carbonyl (C=O) groups excluding carboxylic acids is 1. The molecule has 2 rings (SSSR count). The molecule has 19 heavy (non-hydrogen) atoms. The van der Waals surface area contributed by atoms with Gasteiger partial charge in [0.1, 0.15) is 0 Å². The van der Waals surface area contributed by atoms with Gasteiger partial charge in [0.15, 0.2) is 11.5 Å². The van der Waals surface area contributed by atoms with Crippen molar-refractivity contribution in [3.63, 3.8) is 0 Å². The molecule has 1 aromatic carbocycles. The first-order valence-electron chi connectivity index (χ1n) is 5.94. The van der Waals surface area contributed by atoms with Crippen LogP contribution in [0, 0.1) is 0 Å². The molecule has 0 aliphatic rings. The SMILES string of the molecule is CCNC(=O)c1ccc(Oc2cnn(C)c2)c(N)c1. The lowest BCUT2D eigenvalue weighted by Gasteiger charge is -2.08. The Morgan fingerprint density at radius 3 is 2.89 bits per heavy atom. The number of aryl methyl sites for hydroxylation is 1. The van der Waals surface area contributed by atoms with Gasteiger partial charge in [-0.05, 0) is 25.1 Å². The molecule has 0 bridgehead atoms. The summed E-state index contributed by atoms with van der Waals surface area (Å²) in [5.41, 5.74) is 6.80. The number of nitrogen functional groups attached to an aromatic ring is 1. The fraction of sp³-hybridized carbons (Fsp3) is 0.231. The Bertz CT molecular complexity index is 592.